The molecule has 2 N–H and O–H groups in total. The average Bonchev–Trinajstić information content (AvgIpc) is 3.40. The topological polar surface area (TPSA) is 66.1 Å². The van der Waals surface area contributed by atoms with Crippen molar-refractivity contribution in [3.05, 3.63) is 63.8 Å². The number of amidine groups is 1. The van der Waals surface area contributed by atoms with E-state index in [1.54, 1.807) is 5.38 Å². The third-order valence-corrected chi connectivity index (χ3v) is 6.55. The van der Waals surface area contributed by atoms with Crippen LogP contribution in [0.3, 0.4) is 0 Å². The van der Waals surface area contributed by atoms with Crippen LogP contribution in [0.1, 0.15) is 43.2 Å². The molecule has 3 heterocycles. The Balaban J connectivity index is 1.60. The van der Waals surface area contributed by atoms with E-state index >= 15 is 0 Å². The van der Waals surface area contributed by atoms with Gasteiger partial charge < -0.3 is 19.9 Å². The van der Waals surface area contributed by atoms with E-state index in [1.165, 1.54) is 6.07 Å². The van der Waals surface area contributed by atoms with E-state index < -0.39 is 12.0 Å². The average molecular weight is 471 g/mol. The minimum Gasteiger partial charge on any atom is -0.493 e. The number of nitrogens with two attached hydrogens (primary N) is 1. The summed E-state index contributed by atoms with van der Waals surface area (Å²) in [6.07, 6.45) is -2.50. The lowest BCUT2D eigenvalue weighted by Gasteiger charge is -2.34. The van der Waals surface area contributed by atoms with Crippen molar-refractivity contribution in [3.8, 4) is 28.4 Å². The third-order valence-electron chi connectivity index (χ3n) is 5.61. The highest BCUT2D eigenvalue weighted by Crippen LogP contribution is 2.52. The summed E-state index contributed by atoms with van der Waals surface area (Å²) in [5, 5.41) is 1.73. The fourth-order valence-electron chi connectivity index (χ4n) is 4.02. The highest BCUT2D eigenvalue weighted by molar-refractivity contribution is 7.10. The second-order valence-corrected chi connectivity index (χ2v) is 10.4. The van der Waals surface area contributed by atoms with Gasteiger partial charge in [0.05, 0.1) is 11.5 Å². The Labute approximate surface area is 194 Å². The van der Waals surface area contributed by atoms with Crippen molar-refractivity contribution in [2.45, 2.75) is 32.7 Å². The van der Waals surface area contributed by atoms with Crippen molar-refractivity contribution < 1.29 is 23.0 Å². The molecule has 5 rings (SSSR count). The van der Waals surface area contributed by atoms with Gasteiger partial charge in [-0.25, -0.2) is 13.8 Å². The third kappa shape index (κ3) is 3.93. The molecule has 0 amide bonds. The second-order valence-electron chi connectivity index (χ2n) is 9.46. The van der Waals surface area contributed by atoms with Crippen LogP contribution in [0.4, 0.5) is 8.78 Å². The summed E-state index contributed by atoms with van der Waals surface area (Å²) in [5.74, 6) is 1.98. The number of benzene rings is 2. The summed E-state index contributed by atoms with van der Waals surface area (Å²) in [4.78, 5) is 4.73. The smallest absolute Gasteiger partial charge is 0.283 e. The summed E-state index contributed by atoms with van der Waals surface area (Å²) in [6.45, 7) is 7.07. The lowest BCUT2D eigenvalue weighted by Crippen LogP contribution is -2.31. The van der Waals surface area contributed by atoms with Gasteiger partial charge in [0.2, 0.25) is 0 Å². The molecule has 0 unspecified atom stereocenters. The van der Waals surface area contributed by atoms with Gasteiger partial charge in [-0.05, 0) is 58.3 Å². The minimum atomic E-state index is -2.50. The maximum atomic E-state index is 13.1. The minimum absolute atomic E-state index is 0.00224. The zero-order chi connectivity index (χ0) is 23.4. The van der Waals surface area contributed by atoms with Crippen LogP contribution in [0.25, 0.3) is 11.1 Å². The molecule has 0 saturated carbocycles. The highest BCUT2D eigenvalue weighted by Gasteiger charge is 2.47. The van der Waals surface area contributed by atoms with Gasteiger partial charge in [-0.2, -0.15) is 0 Å². The molecule has 2 aliphatic rings. The lowest BCUT2D eigenvalue weighted by molar-refractivity contribution is 0.155. The lowest BCUT2D eigenvalue weighted by atomic mass is 9.80. The largest absolute Gasteiger partial charge is 0.493 e. The number of hydrogen-bond donors (Lipinski definition) is 1. The van der Waals surface area contributed by atoms with Gasteiger partial charge in [0.25, 0.3) is 12.4 Å². The fourth-order valence-corrected chi connectivity index (χ4v) is 4.79. The van der Waals surface area contributed by atoms with Crippen LogP contribution in [-0.4, -0.2) is 19.2 Å². The fraction of sp³-hybridized carbons (Fsp3) is 0.320. The first-order valence-corrected chi connectivity index (χ1v) is 11.5. The van der Waals surface area contributed by atoms with E-state index in [2.05, 4.69) is 20.8 Å². The predicted octanol–water partition coefficient (Wildman–Crippen LogP) is 6.47. The Hall–Kier alpha value is -3.13. The van der Waals surface area contributed by atoms with Crippen LogP contribution in [0.5, 0.6) is 17.2 Å². The van der Waals surface area contributed by atoms with Gasteiger partial charge in [-0.1, -0.05) is 26.8 Å². The standard InChI is InChI=1S/C25H24F2N2O3S/c1-24(2,3)12-30-16-5-7-20-18(10-16)25(13-31-23(28)29-25)17-8-14(4-6-19(17)32-20)15-9-21(22(26)27)33-11-15/h4-11,22H,12-13H2,1-3H3,(H2,28,29)/t25-/m1/s1. The maximum absolute atomic E-state index is 13.1. The number of halogens is 2. The number of hydrogen-bond acceptors (Lipinski definition) is 6. The summed E-state index contributed by atoms with van der Waals surface area (Å²) < 4.78 is 44.1. The number of nitrogens with zero attached hydrogens (tertiary/aromatic N) is 1. The predicted molar refractivity (Wildman–Crippen MR) is 125 cm³/mol. The number of aliphatic imine (C=N–C) groups is 1. The van der Waals surface area contributed by atoms with E-state index in [0.29, 0.717) is 23.9 Å². The van der Waals surface area contributed by atoms with Gasteiger partial charge in [0.15, 0.2) is 5.54 Å². The van der Waals surface area contributed by atoms with E-state index in [1.807, 2.05) is 36.4 Å². The van der Waals surface area contributed by atoms with Crippen molar-refractivity contribution in [3.63, 3.8) is 0 Å². The molecule has 1 aromatic heterocycles. The summed E-state index contributed by atoms with van der Waals surface area (Å²) in [5.41, 5.74) is 8.13. The molecular formula is C25H24F2N2O3S. The van der Waals surface area contributed by atoms with Crippen LogP contribution in [0.15, 0.2) is 52.8 Å². The molecule has 8 heteroatoms. The Morgan fingerprint density at radius 3 is 2.45 bits per heavy atom. The zero-order valence-electron chi connectivity index (χ0n) is 18.5. The first-order valence-electron chi connectivity index (χ1n) is 10.6. The molecule has 33 heavy (non-hydrogen) atoms. The summed E-state index contributed by atoms with van der Waals surface area (Å²) in [7, 11) is 0. The molecule has 1 atom stereocenters. The second kappa shape index (κ2) is 7.73. The number of ether oxygens (including phenoxy) is 3. The highest BCUT2D eigenvalue weighted by atomic mass is 32.1. The SMILES string of the molecule is CC(C)(C)COc1ccc2c(c1)[C@@]1(COC(N)=N1)c1cc(-c3csc(C(F)F)c3)ccc1O2. The molecule has 2 aromatic carbocycles. The van der Waals surface area contributed by atoms with Crippen LogP contribution in [-0.2, 0) is 10.3 Å². The molecule has 0 fully saturated rings. The molecule has 0 radical (unpaired) electrons. The number of fused-ring (bicyclic) bond motifs is 4. The summed E-state index contributed by atoms with van der Waals surface area (Å²) in [6, 6.07) is 12.9. The van der Waals surface area contributed by atoms with Gasteiger partial charge in [-0.15, -0.1) is 11.3 Å². The molecule has 0 aliphatic carbocycles. The number of alkyl halides is 2. The normalized spacial score (nSPS) is 19.0. The van der Waals surface area contributed by atoms with Gasteiger partial charge in [0.1, 0.15) is 23.9 Å². The Kier molecular flexibility index (Phi) is 5.08. The van der Waals surface area contributed by atoms with Crippen LogP contribution >= 0.6 is 11.3 Å². The van der Waals surface area contributed by atoms with E-state index in [9.17, 15) is 8.78 Å². The van der Waals surface area contributed by atoms with E-state index in [4.69, 9.17) is 24.9 Å². The van der Waals surface area contributed by atoms with Gasteiger partial charge >= 0.3 is 0 Å². The molecule has 2 aliphatic heterocycles. The Morgan fingerprint density at radius 2 is 1.82 bits per heavy atom. The maximum Gasteiger partial charge on any atom is 0.283 e. The van der Waals surface area contributed by atoms with Crippen molar-refractivity contribution in [1.29, 1.82) is 0 Å². The van der Waals surface area contributed by atoms with Crippen LogP contribution in [0.2, 0.25) is 0 Å². The number of rotatable bonds is 4. The van der Waals surface area contributed by atoms with E-state index in [-0.39, 0.29) is 22.9 Å². The molecule has 5 nitrogen and oxygen atoms in total. The molecule has 172 valence electrons. The molecule has 1 spiro atoms. The first-order chi connectivity index (χ1) is 15.6. The van der Waals surface area contributed by atoms with Crippen molar-refractivity contribution in [2.75, 3.05) is 13.2 Å². The van der Waals surface area contributed by atoms with E-state index in [0.717, 1.165) is 33.6 Å². The van der Waals surface area contributed by atoms with Crippen molar-refractivity contribution >= 4 is 17.4 Å². The van der Waals surface area contributed by atoms with Gasteiger partial charge in [-0.3, -0.25) is 0 Å². The Morgan fingerprint density at radius 1 is 1.09 bits per heavy atom. The molecule has 0 bridgehead atoms. The van der Waals surface area contributed by atoms with Crippen molar-refractivity contribution in [1.82, 2.24) is 0 Å². The van der Waals surface area contributed by atoms with Crippen LogP contribution < -0.4 is 15.2 Å². The first kappa shape index (κ1) is 21.7. The van der Waals surface area contributed by atoms with Crippen LogP contribution in [0, 0.1) is 5.41 Å². The monoisotopic (exact) mass is 470 g/mol. The summed E-state index contributed by atoms with van der Waals surface area (Å²) >= 11 is 1.04. The molecule has 0 saturated heterocycles. The molecule has 3 aromatic rings. The molecular weight excluding hydrogens is 446 g/mol. The zero-order valence-corrected chi connectivity index (χ0v) is 19.3. The Bertz CT molecular complexity index is 1250. The quantitative estimate of drug-likeness (QED) is 0.474. The van der Waals surface area contributed by atoms with Crippen molar-refractivity contribution in [2.24, 2.45) is 16.1 Å². The number of thiophene rings is 1. The van der Waals surface area contributed by atoms with Gasteiger partial charge in [0, 0.05) is 11.1 Å².